The first-order chi connectivity index (χ1) is 11.4. The average molecular weight is 338 g/mol. The van der Waals surface area contributed by atoms with E-state index in [1.54, 1.807) is 6.07 Å². The summed E-state index contributed by atoms with van der Waals surface area (Å²) in [6, 6.07) is 10.6. The smallest absolute Gasteiger partial charge is 0.417 e. The zero-order valence-corrected chi connectivity index (χ0v) is 12.0. The van der Waals surface area contributed by atoms with E-state index in [1.165, 1.54) is 36.4 Å². The number of rotatable bonds is 4. The van der Waals surface area contributed by atoms with Crippen LogP contribution in [0.15, 0.2) is 53.1 Å². The first kappa shape index (κ1) is 16.0. The van der Waals surface area contributed by atoms with Gasteiger partial charge >= 0.3 is 6.18 Å². The molecule has 0 aliphatic heterocycles. The normalized spacial score (nSPS) is 11.5. The molecule has 0 unspecified atom stereocenters. The second kappa shape index (κ2) is 6.31. The summed E-state index contributed by atoms with van der Waals surface area (Å²) in [6.07, 6.45) is -4.55. The molecule has 124 valence electrons. The van der Waals surface area contributed by atoms with Crippen molar-refractivity contribution < 1.29 is 26.8 Å². The van der Waals surface area contributed by atoms with Crippen molar-refractivity contribution in [3.8, 4) is 17.2 Å². The van der Waals surface area contributed by atoms with Gasteiger partial charge in [-0.25, -0.2) is 4.39 Å². The predicted molar refractivity (Wildman–Crippen MR) is 75.5 cm³/mol. The zero-order valence-electron chi connectivity index (χ0n) is 12.0. The summed E-state index contributed by atoms with van der Waals surface area (Å²) in [7, 11) is 0. The van der Waals surface area contributed by atoms with E-state index < -0.39 is 17.6 Å². The van der Waals surface area contributed by atoms with Crippen molar-refractivity contribution in [2.24, 2.45) is 0 Å². The fourth-order valence-corrected chi connectivity index (χ4v) is 2.04. The van der Waals surface area contributed by atoms with Gasteiger partial charge in [-0.3, -0.25) is 0 Å². The highest BCUT2D eigenvalue weighted by Crippen LogP contribution is 2.36. The molecule has 3 rings (SSSR count). The maximum absolute atomic E-state index is 13.4. The highest BCUT2D eigenvalue weighted by molar-refractivity contribution is 5.59. The van der Waals surface area contributed by atoms with E-state index in [0.29, 0.717) is 0 Å². The topological polar surface area (TPSA) is 48.2 Å². The van der Waals surface area contributed by atoms with Crippen molar-refractivity contribution in [2.45, 2.75) is 12.8 Å². The molecule has 0 atom stereocenters. The number of benzene rings is 2. The van der Waals surface area contributed by atoms with Gasteiger partial charge in [0, 0.05) is 0 Å². The van der Waals surface area contributed by atoms with Crippen LogP contribution in [0.1, 0.15) is 11.4 Å². The number of hydrogen-bond acceptors (Lipinski definition) is 4. The van der Waals surface area contributed by atoms with Gasteiger partial charge in [-0.05, 0) is 24.3 Å². The average Bonchev–Trinajstić information content (AvgIpc) is 3.02. The van der Waals surface area contributed by atoms with E-state index >= 15 is 0 Å². The van der Waals surface area contributed by atoms with E-state index in [4.69, 9.17) is 9.26 Å². The Balaban J connectivity index is 1.81. The Morgan fingerprint density at radius 2 is 1.71 bits per heavy atom. The van der Waals surface area contributed by atoms with Gasteiger partial charge < -0.3 is 9.26 Å². The molecular formula is C16H10F4N2O2. The van der Waals surface area contributed by atoms with Gasteiger partial charge in [0.1, 0.15) is 0 Å². The van der Waals surface area contributed by atoms with Crippen LogP contribution < -0.4 is 4.74 Å². The van der Waals surface area contributed by atoms with E-state index in [1.807, 2.05) is 0 Å². The van der Waals surface area contributed by atoms with Crippen molar-refractivity contribution >= 4 is 0 Å². The van der Waals surface area contributed by atoms with E-state index in [9.17, 15) is 17.6 Å². The van der Waals surface area contributed by atoms with Crippen LogP contribution in [0.2, 0.25) is 0 Å². The molecule has 1 heterocycles. The Bertz CT molecular complexity index is 846. The summed E-state index contributed by atoms with van der Waals surface area (Å²) in [6.45, 7) is -0.237. The molecule has 2 aromatic carbocycles. The van der Waals surface area contributed by atoms with E-state index in [2.05, 4.69) is 10.1 Å². The predicted octanol–water partition coefficient (Wildman–Crippen LogP) is 4.47. The second-order valence-corrected chi connectivity index (χ2v) is 4.78. The highest BCUT2D eigenvalue weighted by Gasteiger charge is 2.34. The van der Waals surface area contributed by atoms with Crippen LogP contribution in [0.5, 0.6) is 5.75 Å². The molecule has 8 heteroatoms. The molecule has 0 saturated carbocycles. The Morgan fingerprint density at radius 1 is 1.00 bits per heavy atom. The molecule has 0 aliphatic carbocycles. The fourth-order valence-electron chi connectivity index (χ4n) is 2.04. The molecule has 0 spiro atoms. The third-order valence-electron chi connectivity index (χ3n) is 3.12. The minimum absolute atomic E-state index is 0.00484. The molecule has 0 fully saturated rings. The van der Waals surface area contributed by atoms with Crippen molar-refractivity contribution in [2.75, 3.05) is 0 Å². The number of nitrogens with zero attached hydrogens (tertiary/aromatic N) is 2. The summed E-state index contributed by atoms with van der Waals surface area (Å²) in [5.41, 5.74) is -1.11. The fraction of sp³-hybridized carbons (Fsp3) is 0.125. The molecule has 0 radical (unpaired) electrons. The number of halogens is 4. The number of para-hydroxylation sites is 1. The van der Waals surface area contributed by atoms with Gasteiger partial charge in [-0.1, -0.05) is 29.4 Å². The standard InChI is InChI=1S/C16H10F4N2O2/c17-12-7-3-4-8-13(12)23-9-14-21-15(24-22-14)10-5-1-2-6-11(10)16(18,19)20/h1-8H,9H2. The van der Waals surface area contributed by atoms with Crippen LogP contribution in [0, 0.1) is 5.82 Å². The zero-order chi connectivity index (χ0) is 17.2. The van der Waals surface area contributed by atoms with Gasteiger partial charge in [-0.2, -0.15) is 18.2 Å². The van der Waals surface area contributed by atoms with Gasteiger partial charge in [0.15, 0.2) is 18.2 Å². The van der Waals surface area contributed by atoms with Crippen molar-refractivity contribution in [3.63, 3.8) is 0 Å². The largest absolute Gasteiger partial charge is 0.482 e. The summed E-state index contributed by atoms with van der Waals surface area (Å²) < 4.78 is 62.5. The van der Waals surface area contributed by atoms with Gasteiger partial charge in [-0.15, -0.1) is 0 Å². The molecule has 0 saturated heterocycles. The maximum atomic E-state index is 13.4. The van der Waals surface area contributed by atoms with Crippen molar-refractivity contribution in [3.05, 3.63) is 65.7 Å². The Labute approximate surface area is 133 Å². The first-order valence-corrected chi connectivity index (χ1v) is 6.81. The quantitative estimate of drug-likeness (QED) is 0.659. The number of aromatic nitrogens is 2. The molecule has 0 bridgehead atoms. The molecule has 4 nitrogen and oxygen atoms in total. The molecule has 0 aliphatic rings. The molecule has 1 aromatic heterocycles. The summed E-state index contributed by atoms with van der Waals surface area (Å²) in [5, 5.41) is 3.56. The van der Waals surface area contributed by atoms with Gasteiger partial charge in [0.2, 0.25) is 5.82 Å². The number of hydrogen-bond donors (Lipinski definition) is 0. The monoisotopic (exact) mass is 338 g/mol. The van der Waals surface area contributed by atoms with E-state index in [-0.39, 0.29) is 29.6 Å². The van der Waals surface area contributed by atoms with Crippen LogP contribution in [-0.4, -0.2) is 10.1 Å². The molecule has 24 heavy (non-hydrogen) atoms. The van der Waals surface area contributed by atoms with Crippen molar-refractivity contribution in [1.82, 2.24) is 10.1 Å². The first-order valence-electron chi connectivity index (χ1n) is 6.81. The highest BCUT2D eigenvalue weighted by atomic mass is 19.4. The third-order valence-corrected chi connectivity index (χ3v) is 3.12. The number of ether oxygens (including phenoxy) is 1. The SMILES string of the molecule is Fc1ccccc1OCc1noc(-c2ccccc2C(F)(F)F)n1. The van der Waals surface area contributed by atoms with Crippen LogP contribution in [-0.2, 0) is 12.8 Å². The van der Waals surface area contributed by atoms with Gasteiger partial charge in [0.25, 0.3) is 5.89 Å². The lowest BCUT2D eigenvalue weighted by Crippen LogP contribution is -2.07. The lowest BCUT2D eigenvalue weighted by Gasteiger charge is -2.09. The lowest BCUT2D eigenvalue weighted by molar-refractivity contribution is -0.137. The number of alkyl halides is 3. The van der Waals surface area contributed by atoms with E-state index in [0.717, 1.165) is 6.07 Å². The summed E-state index contributed by atoms with van der Waals surface area (Å²) in [5.74, 6) is -0.858. The molecule has 3 aromatic rings. The second-order valence-electron chi connectivity index (χ2n) is 4.78. The van der Waals surface area contributed by atoms with Crippen LogP contribution >= 0.6 is 0 Å². The minimum Gasteiger partial charge on any atom is -0.482 e. The van der Waals surface area contributed by atoms with Crippen LogP contribution in [0.3, 0.4) is 0 Å². The Morgan fingerprint density at radius 3 is 2.46 bits per heavy atom. The van der Waals surface area contributed by atoms with Crippen LogP contribution in [0.25, 0.3) is 11.5 Å². The van der Waals surface area contributed by atoms with Crippen LogP contribution in [0.4, 0.5) is 17.6 Å². The van der Waals surface area contributed by atoms with Crippen molar-refractivity contribution in [1.29, 1.82) is 0 Å². The molecular weight excluding hydrogens is 328 g/mol. The Kier molecular flexibility index (Phi) is 4.20. The maximum Gasteiger partial charge on any atom is 0.417 e. The summed E-state index contributed by atoms with van der Waals surface area (Å²) in [4.78, 5) is 3.87. The molecule has 0 N–H and O–H groups in total. The summed E-state index contributed by atoms with van der Waals surface area (Å²) >= 11 is 0. The Hall–Kier alpha value is -2.90. The third kappa shape index (κ3) is 3.37. The molecule has 0 amide bonds. The lowest BCUT2D eigenvalue weighted by atomic mass is 10.1. The van der Waals surface area contributed by atoms with Gasteiger partial charge in [0.05, 0.1) is 11.1 Å². The minimum atomic E-state index is -4.55.